The Balaban J connectivity index is 1.44. The maximum Gasteiger partial charge on any atom is 0.225 e. The summed E-state index contributed by atoms with van der Waals surface area (Å²) < 4.78 is 11.3. The zero-order valence-corrected chi connectivity index (χ0v) is 19.0. The fourth-order valence-corrected chi connectivity index (χ4v) is 4.95. The van der Waals surface area contributed by atoms with Gasteiger partial charge in [-0.1, -0.05) is 30.3 Å². The number of fused-ring (bicyclic) bond motifs is 1. The summed E-state index contributed by atoms with van der Waals surface area (Å²) in [5.41, 5.74) is 3.04. The van der Waals surface area contributed by atoms with Gasteiger partial charge in [-0.25, -0.2) is 0 Å². The Kier molecular flexibility index (Phi) is 5.70. The number of hydrogen-bond donors (Lipinski definition) is 2. The Morgan fingerprint density at radius 3 is 2.70 bits per heavy atom. The number of aromatic nitrogens is 1. The average Bonchev–Trinajstić information content (AvgIpc) is 3.48. The van der Waals surface area contributed by atoms with Gasteiger partial charge in [-0.05, 0) is 30.5 Å². The van der Waals surface area contributed by atoms with E-state index in [0.29, 0.717) is 37.1 Å². The minimum Gasteiger partial charge on any atom is -0.493 e. The Hall–Kier alpha value is -3.48. The molecule has 172 valence electrons. The van der Waals surface area contributed by atoms with E-state index in [1.165, 1.54) is 0 Å². The van der Waals surface area contributed by atoms with Crippen LogP contribution in [-0.2, 0) is 9.59 Å². The van der Waals surface area contributed by atoms with E-state index in [0.717, 1.165) is 34.9 Å². The fourth-order valence-electron chi connectivity index (χ4n) is 4.95. The van der Waals surface area contributed by atoms with Crippen LogP contribution in [0.4, 0.5) is 0 Å². The summed E-state index contributed by atoms with van der Waals surface area (Å²) in [7, 11) is 3.25. The maximum absolute atomic E-state index is 13.1. The molecule has 33 heavy (non-hydrogen) atoms. The monoisotopic (exact) mass is 447 g/mol. The van der Waals surface area contributed by atoms with E-state index in [1.54, 1.807) is 14.2 Å². The molecule has 1 saturated carbocycles. The lowest BCUT2D eigenvalue weighted by atomic mass is 9.89. The zero-order chi connectivity index (χ0) is 22.9. The average molecular weight is 448 g/mol. The van der Waals surface area contributed by atoms with Crippen molar-refractivity contribution in [2.24, 2.45) is 5.92 Å². The normalized spacial score (nSPS) is 19.0. The molecule has 1 saturated heterocycles. The predicted molar refractivity (Wildman–Crippen MR) is 126 cm³/mol. The quantitative estimate of drug-likeness (QED) is 0.554. The van der Waals surface area contributed by atoms with Crippen molar-refractivity contribution in [3.63, 3.8) is 0 Å². The summed E-state index contributed by atoms with van der Waals surface area (Å²) in [6, 6.07) is 14.3. The topological polar surface area (TPSA) is 83.7 Å². The highest BCUT2D eigenvalue weighted by molar-refractivity contribution is 5.90. The summed E-state index contributed by atoms with van der Waals surface area (Å²) in [5, 5.41) is 4.23. The van der Waals surface area contributed by atoms with E-state index < -0.39 is 0 Å². The Morgan fingerprint density at radius 2 is 1.94 bits per heavy atom. The predicted octanol–water partition coefficient (Wildman–Crippen LogP) is 3.44. The molecule has 1 aliphatic carbocycles. The van der Waals surface area contributed by atoms with E-state index in [9.17, 15) is 9.59 Å². The minimum atomic E-state index is -0.297. The number of amides is 2. The van der Waals surface area contributed by atoms with Crippen molar-refractivity contribution in [3.8, 4) is 11.5 Å². The van der Waals surface area contributed by atoms with Gasteiger partial charge in [-0.2, -0.15) is 0 Å². The van der Waals surface area contributed by atoms with Crippen LogP contribution < -0.4 is 14.8 Å². The molecule has 0 spiro atoms. The third-order valence-electron chi connectivity index (χ3n) is 6.80. The number of ether oxygens (including phenoxy) is 2. The molecule has 2 heterocycles. The van der Waals surface area contributed by atoms with Crippen LogP contribution >= 0.6 is 0 Å². The van der Waals surface area contributed by atoms with Crippen LogP contribution in [0.1, 0.15) is 36.3 Å². The van der Waals surface area contributed by atoms with Crippen LogP contribution in [0, 0.1) is 5.92 Å². The first-order valence-corrected chi connectivity index (χ1v) is 11.4. The number of rotatable bonds is 8. The van der Waals surface area contributed by atoms with Crippen molar-refractivity contribution in [3.05, 3.63) is 59.8 Å². The highest BCUT2D eigenvalue weighted by atomic mass is 16.5. The van der Waals surface area contributed by atoms with E-state index in [4.69, 9.17) is 9.47 Å². The molecule has 3 aromatic rings. The third kappa shape index (κ3) is 4.03. The highest BCUT2D eigenvalue weighted by Gasteiger charge is 2.41. The number of likely N-dealkylation sites (tertiary alicyclic amines) is 1. The smallest absolute Gasteiger partial charge is 0.225 e. The van der Waals surface area contributed by atoms with Crippen molar-refractivity contribution in [2.45, 2.75) is 31.2 Å². The molecular weight excluding hydrogens is 418 g/mol. The lowest BCUT2D eigenvalue weighted by molar-refractivity contribution is -0.129. The van der Waals surface area contributed by atoms with Gasteiger partial charge in [0.05, 0.1) is 20.1 Å². The van der Waals surface area contributed by atoms with E-state index in [-0.39, 0.29) is 23.7 Å². The van der Waals surface area contributed by atoms with E-state index in [2.05, 4.69) is 16.4 Å². The molecule has 2 atom stereocenters. The van der Waals surface area contributed by atoms with Crippen molar-refractivity contribution < 1.29 is 19.1 Å². The summed E-state index contributed by atoms with van der Waals surface area (Å²) in [6.07, 6.45) is 4.40. The van der Waals surface area contributed by atoms with Gasteiger partial charge in [0.15, 0.2) is 11.5 Å². The Bertz CT molecular complexity index is 1180. The van der Waals surface area contributed by atoms with Crippen LogP contribution in [0.3, 0.4) is 0 Å². The number of para-hydroxylation sites is 2. The molecule has 5 rings (SSSR count). The van der Waals surface area contributed by atoms with Gasteiger partial charge in [0.25, 0.3) is 0 Å². The van der Waals surface area contributed by atoms with Gasteiger partial charge in [0.2, 0.25) is 11.8 Å². The number of methoxy groups -OCH3 is 2. The van der Waals surface area contributed by atoms with Crippen LogP contribution in [0.15, 0.2) is 48.7 Å². The lowest BCUT2D eigenvalue weighted by Gasteiger charge is -2.22. The first-order valence-electron chi connectivity index (χ1n) is 11.4. The molecule has 7 heteroatoms. The van der Waals surface area contributed by atoms with Crippen LogP contribution in [-0.4, -0.2) is 55.0 Å². The molecule has 1 aromatic heterocycles. The lowest BCUT2D eigenvalue weighted by Crippen LogP contribution is -2.36. The number of aromatic amines is 1. The molecule has 0 bridgehead atoms. The van der Waals surface area contributed by atoms with Gasteiger partial charge >= 0.3 is 0 Å². The first-order chi connectivity index (χ1) is 16.1. The number of nitrogens with zero attached hydrogens (tertiary/aromatic N) is 1. The summed E-state index contributed by atoms with van der Waals surface area (Å²) in [4.78, 5) is 30.6. The SMILES string of the molecule is COc1cccc([C@H](CNC(=O)[C@H]2CC(=O)N(C3CC3)C2)c2c[nH]c3ccccc23)c1OC. The summed E-state index contributed by atoms with van der Waals surface area (Å²) in [6.45, 7) is 0.911. The van der Waals surface area contributed by atoms with Crippen molar-refractivity contribution in [1.29, 1.82) is 0 Å². The van der Waals surface area contributed by atoms with Gasteiger partial charge in [-0.15, -0.1) is 0 Å². The van der Waals surface area contributed by atoms with Crippen molar-refractivity contribution in [1.82, 2.24) is 15.2 Å². The van der Waals surface area contributed by atoms with Crippen LogP contribution in [0.2, 0.25) is 0 Å². The molecule has 2 amide bonds. The van der Waals surface area contributed by atoms with E-state index >= 15 is 0 Å². The molecule has 7 nitrogen and oxygen atoms in total. The number of carbonyl (C=O) groups is 2. The number of hydrogen-bond acceptors (Lipinski definition) is 4. The number of carbonyl (C=O) groups excluding carboxylic acids is 2. The van der Waals surface area contributed by atoms with E-state index in [1.807, 2.05) is 47.5 Å². The molecule has 0 radical (unpaired) electrons. The second kappa shape index (κ2) is 8.81. The largest absolute Gasteiger partial charge is 0.493 e. The molecule has 2 aromatic carbocycles. The minimum absolute atomic E-state index is 0.0711. The fraction of sp³-hybridized carbons (Fsp3) is 0.385. The first kappa shape index (κ1) is 21.4. The maximum atomic E-state index is 13.1. The molecule has 1 aliphatic heterocycles. The summed E-state index contributed by atoms with van der Waals surface area (Å²) >= 11 is 0. The molecule has 2 fully saturated rings. The third-order valence-corrected chi connectivity index (χ3v) is 6.80. The Morgan fingerprint density at radius 1 is 1.12 bits per heavy atom. The molecule has 0 unspecified atom stereocenters. The highest BCUT2D eigenvalue weighted by Crippen LogP contribution is 2.40. The zero-order valence-electron chi connectivity index (χ0n) is 19.0. The standard InChI is InChI=1S/C26H29N3O4/c1-32-23-9-5-7-19(25(23)33-2)21(20-13-27-22-8-4-3-6-18(20)22)14-28-26(31)16-12-24(30)29(15-16)17-10-11-17/h3-9,13,16-17,21,27H,10-12,14-15H2,1-2H3,(H,28,31)/t16-,21-/m0/s1. The molecular formula is C26H29N3O4. The second-order valence-corrected chi connectivity index (χ2v) is 8.85. The number of H-pyrrole nitrogens is 1. The van der Waals surface area contributed by atoms with Gasteiger partial charge in [0.1, 0.15) is 0 Å². The molecule has 2 aliphatic rings. The van der Waals surface area contributed by atoms with Crippen molar-refractivity contribution >= 4 is 22.7 Å². The number of benzene rings is 2. The summed E-state index contributed by atoms with van der Waals surface area (Å²) in [5.74, 6) is 0.868. The van der Waals surface area contributed by atoms with Gasteiger partial charge < -0.3 is 24.7 Å². The van der Waals surface area contributed by atoms with Gasteiger partial charge in [-0.3, -0.25) is 9.59 Å². The number of nitrogens with one attached hydrogen (secondary N) is 2. The molecule has 2 N–H and O–H groups in total. The second-order valence-electron chi connectivity index (χ2n) is 8.85. The van der Waals surface area contributed by atoms with Crippen LogP contribution in [0.5, 0.6) is 11.5 Å². The van der Waals surface area contributed by atoms with Crippen molar-refractivity contribution in [2.75, 3.05) is 27.3 Å². The van der Waals surface area contributed by atoms with Gasteiger partial charge in [0, 0.05) is 54.1 Å². The Labute approximate surface area is 193 Å². The van der Waals surface area contributed by atoms with Crippen LogP contribution in [0.25, 0.3) is 10.9 Å².